The van der Waals surface area contributed by atoms with Gasteiger partial charge in [0.25, 0.3) is 0 Å². The van der Waals surface area contributed by atoms with E-state index in [2.05, 4.69) is 6.07 Å². The highest BCUT2D eigenvalue weighted by Crippen LogP contribution is 2.19. The zero-order chi connectivity index (χ0) is 9.68. The van der Waals surface area contributed by atoms with Gasteiger partial charge in [-0.2, -0.15) is 0 Å². The standard InChI is InChI=1S/C10H12FO2/c1-8-4-2-5-9(10(8)11)13-7-3-6-12/h2,5,12H,3,6-7H2,1H3. The van der Waals surface area contributed by atoms with Crippen LogP contribution in [0.2, 0.25) is 0 Å². The van der Waals surface area contributed by atoms with E-state index >= 15 is 0 Å². The third-order valence-electron chi connectivity index (χ3n) is 1.64. The summed E-state index contributed by atoms with van der Waals surface area (Å²) in [4.78, 5) is 0. The van der Waals surface area contributed by atoms with Gasteiger partial charge in [0.15, 0.2) is 11.6 Å². The molecule has 0 aliphatic carbocycles. The van der Waals surface area contributed by atoms with Crippen LogP contribution in [0, 0.1) is 18.8 Å². The first kappa shape index (κ1) is 9.99. The largest absolute Gasteiger partial charge is 0.490 e. The minimum Gasteiger partial charge on any atom is -0.490 e. The molecule has 1 aromatic carbocycles. The molecule has 0 aromatic heterocycles. The maximum atomic E-state index is 13.2. The second-order valence-corrected chi connectivity index (χ2v) is 2.71. The lowest BCUT2D eigenvalue weighted by Gasteiger charge is -2.06. The molecule has 3 heteroatoms. The molecular formula is C10H12FO2. The van der Waals surface area contributed by atoms with Gasteiger partial charge in [0, 0.05) is 13.0 Å². The van der Waals surface area contributed by atoms with Gasteiger partial charge in [-0.1, -0.05) is 6.07 Å². The number of rotatable bonds is 4. The zero-order valence-corrected chi connectivity index (χ0v) is 7.51. The molecule has 0 fully saturated rings. The van der Waals surface area contributed by atoms with Crippen LogP contribution in [0.5, 0.6) is 5.75 Å². The molecule has 0 atom stereocenters. The van der Waals surface area contributed by atoms with E-state index in [0.717, 1.165) is 0 Å². The lowest BCUT2D eigenvalue weighted by molar-refractivity contribution is 0.228. The van der Waals surface area contributed by atoms with E-state index in [4.69, 9.17) is 9.84 Å². The number of aliphatic hydroxyl groups is 1. The van der Waals surface area contributed by atoms with Crippen LogP contribution >= 0.6 is 0 Å². The third kappa shape index (κ3) is 2.70. The Hall–Kier alpha value is -1.09. The molecule has 1 N–H and O–H groups in total. The van der Waals surface area contributed by atoms with Crippen molar-refractivity contribution in [2.75, 3.05) is 13.2 Å². The molecule has 1 aromatic rings. The predicted molar refractivity (Wildman–Crippen MR) is 47.2 cm³/mol. The Morgan fingerprint density at radius 1 is 1.62 bits per heavy atom. The van der Waals surface area contributed by atoms with E-state index < -0.39 is 0 Å². The lowest BCUT2D eigenvalue weighted by atomic mass is 10.2. The van der Waals surface area contributed by atoms with Gasteiger partial charge in [0.05, 0.1) is 6.61 Å². The summed E-state index contributed by atoms with van der Waals surface area (Å²) in [6, 6.07) is 5.87. The fourth-order valence-electron chi connectivity index (χ4n) is 0.922. The predicted octanol–water partition coefficient (Wildman–Crippen LogP) is 1.70. The Kier molecular flexibility index (Phi) is 3.71. The van der Waals surface area contributed by atoms with Crippen molar-refractivity contribution in [3.63, 3.8) is 0 Å². The van der Waals surface area contributed by atoms with Crippen LogP contribution in [-0.4, -0.2) is 18.3 Å². The molecule has 0 aliphatic rings. The summed E-state index contributed by atoms with van der Waals surface area (Å²) >= 11 is 0. The highest BCUT2D eigenvalue weighted by molar-refractivity contribution is 5.29. The van der Waals surface area contributed by atoms with Crippen LogP contribution in [0.3, 0.4) is 0 Å². The van der Waals surface area contributed by atoms with Crippen LogP contribution < -0.4 is 4.74 Å². The van der Waals surface area contributed by atoms with E-state index in [0.29, 0.717) is 18.6 Å². The highest BCUT2D eigenvalue weighted by atomic mass is 19.1. The first-order valence-corrected chi connectivity index (χ1v) is 4.16. The molecule has 0 aliphatic heterocycles. The summed E-state index contributed by atoms with van der Waals surface area (Å²) in [5.74, 6) is -0.148. The lowest BCUT2D eigenvalue weighted by Crippen LogP contribution is -2.01. The molecule has 0 saturated carbocycles. The Morgan fingerprint density at radius 3 is 3.08 bits per heavy atom. The van der Waals surface area contributed by atoms with Gasteiger partial charge in [-0.05, 0) is 24.6 Å². The summed E-state index contributed by atoms with van der Waals surface area (Å²) in [5, 5.41) is 8.49. The monoisotopic (exact) mass is 183 g/mol. The second kappa shape index (κ2) is 4.82. The van der Waals surface area contributed by atoms with E-state index in [9.17, 15) is 4.39 Å². The molecule has 1 radical (unpaired) electrons. The average Bonchev–Trinajstić information content (AvgIpc) is 2.13. The van der Waals surface area contributed by atoms with E-state index in [1.807, 2.05) is 0 Å². The molecule has 0 saturated heterocycles. The van der Waals surface area contributed by atoms with Gasteiger partial charge in [0.1, 0.15) is 0 Å². The van der Waals surface area contributed by atoms with Gasteiger partial charge in [0.2, 0.25) is 0 Å². The van der Waals surface area contributed by atoms with Gasteiger partial charge < -0.3 is 9.84 Å². The van der Waals surface area contributed by atoms with Crippen LogP contribution in [0.1, 0.15) is 12.0 Å². The van der Waals surface area contributed by atoms with Crippen molar-refractivity contribution < 1.29 is 14.2 Å². The molecule has 0 amide bonds. The average molecular weight is 183 g/mol. The summed E-state index contributed by atoms with van der Waals surface area (Å²) in [7, 11) is 0. The number of aliphatic hydroxyl groups excluding tert-OH is 1. The summed E-state index contributed by atoms with van der Waals surface area (Å²) in [6.07, 6.45) is 0.511. The maximum absolute atomic E-state index is 13.2. The summed E-state index contributed by atoms with van der Waals surface area (Å²) in [6.45, 7) is 2.02. The van der Waals surface area contributed by atoms with Gasteiger partial charge >= 0.3 is 0 Å². The second-order valence-electron chi connectivity index (χ2n) is 2.71. The van der Waals surface area contributed by atoms with Crippen molar-refractivity contribution in [3.8, 4) is 5.75 Å². The Morgan fingerprint density at radius 2 is 2.38 bits per heavy atom. The minimum atomic E-state index is -0.375. The number of benzene rings is 1. The van der Waals surface area contributed by atoms with Gasteiger partial charge in [-0.15, -0.1) is 0 Å². The van der Waals surface area contributed by atoms with E-state index in [-0.39, 0.29) is 18.2 Å². The fraction of sp³-hybridized carbons (Fsp3) is 0.400. The molecule has 0 spiro atoms. The number of aryl methyl sites for hydroxylation is 1. The first-order chi connectivity index (χ1) is 6.25. The molecule has 2 nitrogen and oxygen atoms in total. The van der Waals surface area contributed by atoms with Crippen LogP contribution in [0.25, 0.3) is 0 Å². The Labute approximate surface area is 77.0 Å². The van der Waals surface area contributed by atoms with E-state index in [1.54, 1.807) is 13.0 Å². The molecule has 0 bridgehead atoms. The smallest absolute Gasteiger partial charge is 0.168 e. The number of ether oxygens (including phenoxy) is 1. The fourth-order valence-corrected chi connectivity index (χ4v) is 0.922. The third-order valence-corrected chi connectivity index (χ3v) is 1.64. The molecule has 1 rings (SSSR count). The molecule has 71 valence electrons. The number of hydrogen-bond donors (Lipinski definition) is 1. The Balaban J connectivity index is 2.61. The van der Waals surface area contributed by atoms with Crippen molar-refractivity contribution >= 4 is 0 Å². The number of hydrogen-bond acceptors (Lipinski definition) is 2. The van der Waals surface area contributed by atoms with Gasteiger partial charge in [-0.25, -0.2) is 4.39 Å². The van der Waals surface area contributed by atoms with Crippen LogP contribution in [0.4, 0.5) is 4.39 Å². The van der Waals surface area contributed by atoms with E-state index in [1.165, 1.54) is 6.07 Å². The molecule has 0 heterocycles. The minimum absolute atomic E-state index is 0.0551. The van der Waals surface area contributed by atoms with Crippen molar-refractivity contribution in [2.24, 2.45) is 0 Å². The summed E-state index contributed by atoms with van der Waals surface area (Å²) in [5.41, 5.74) is 0.446. The van der Waals surface area contributed by atoms with Crippen molar-refractivity contribution in [3.05, 3.63) is 29.6 Å². The molecule has 13 heavy (non-hydrogen) atoms. The topological polar surface area (TPSA) is 29.5 Å². The quantitative estimate of drug-likeness (QED) is 0.720. The van der Waals surface area contributed by atoms with Crippen molar-refractivity contribution in [2.45, 2.75) is 13.3 Å². The molecule has 0 unspecified atom stereocenters. The highest BCUT2D eigenvalue weighted by Gasteiger charge is 2.04. The van der Waals surface area contributed by atoms with Crippen LogP contribution in [0.15, 0.2) is 12.1 Å². The van der Waals surface area contributed by atoms with Gasteiger partial charge in [-0.3, -0.25) is 0 Å². The number of halogens is 1. The Bertz CT molecular complexity index is 274. The SMILES string of the molecule is Cc1[c]ccc(OCCCO)c1F. The van der Waals surface area contributed by atoms with Crippen LogP contribution in [-0.2, 0) is 0 Å². The zero-order valence-electron chi connectivity index (χ0n) is 7.51. The first-order valence-electron chi connectivity index (χ1n) is 4.16. The van der Waals surface area contributed by atoms with Crippen molar-refractivity contribution in [1.29, 1.82) is 0 Å². The normalized spacial score (nSPS) is 10.1. The van der Waals surface area contributed by atoms with Crippen molar-refractivity contribution in [1.82, 2.24) is 0 Å². The summed E-state index contributed by atoms with van der Waals surface area (Å²) < 4.78 is 18.3. The molecular weight excluding hydrogens is 171 g/mol. The maximum Gasteiger partial charge on any atom is 0.168 e.